The van der Waals surface area contributed by atoms with Crippen LogP contribution in [-0.4, -0.2) is 47.4 Å². The van der Waals surface area contributed by atoms with E-state index in [0.717, 1.165) is 12.8 Å². The van der Waals surface area contributed by atoms with Gasteiger partial charge in [-0.3, -0.25) is 14.5 Å². The van der Waals surface area contributed by atoms with E-state index in [1.54, 1.807) is 0 Å². The summed E-state index contributed by atoms with van der Waals surface area (Å²) in [6.07, 6.45) is 1.01. The molecule has 1 aliphatic heterocycles. The second kappa shape index (κ2) is 5.81. The van der Waals surface area contributed by atoms with Gasteiger partial charge in [-0.25, -0.2) is 0 Å². The number of nitrogens with zero attached hydrogens (tertiary/aromatic N) is 1. The summed E-state index contributed by atoms with van der Waals surface area (Å²) in [5, 5.41) is 11.8. The van der Waals surface area contributed by atoms with Gasteiger partial charge < -0.3 is 15.2 Å². The Kier molecular flexibility index (Phi) is 4.70. The third-order valence-electron chi connectivity index (χ3n) is 2.54. The predicted molar refractivity (Wildman–Crippen MR) is 56.2 cm³/mol. The van der Waals surface area contributed by atoms with Crippen LogP contribution in [0.3, 0.4) is 0 Å². The summed E-state index contributed by atoms with van der Waals surface area (Å²) in [5.41, 5.74) is 0. The molecule has 16 heavy (non-hydrogen) atoms. The van der Waals surface area contributed by atoms with E-state index in [1.807, 2.05) is 0 Å². The van der Waals surface area contributed by atoms with Crippen molar-refractivity contribution in [2.45, 2.75) is 39.0 Å². The Labute approximate surface area is 94.6 Å². The highest BCUT2D eigenvalue weighted by molar-refractivity contribution is 5.74. The molecular formula is C10H18N2O4. The lowest BCUT2D eigenvalue weighted by molar-refractivity contribution is -0.164. The van der Waals surface area contributed by atoms with Gasteiger partial charge in [-0.05, 0) is 12.8 Å². The molecule has 0 aromatic rings. The highest BCUT2D eigenvalue weighted by Gasteiger charge is 2.32. The lowest BCUT2D eigenvalue weighted by Crippen LogP contribution is -2.56. The minimum absolute atomic E-state index is 0.165. The highest BCUT2D eigenvalue weighted by Crippen LogP contribution is 2.17. The van der Waals surface area contributed by atoms with Crippen LogP contribution in [0.1, 0.15) is 26.7 Å². The highest BCUT2D eigenvalue weighted by atomic mass is 16.5. The van der Waals surface area contributed by atoms with Crippen molar-refractivity contribution in [3.05, 3.63) is 0 Å². The molecule has 2 N–H and O–H groups in total. The van der Waals surface area contributed by atoms with Crippen LogP contribution in [0.2, 0.25) is 0 Å². The Morgan fingerprint density at radius 1 is 1.50 bits per heavy atom. The van der Waals surface area contributed by atoms with Crippen LogP contribution in [0.5, 0.6) is 0 Å². The van der Waals surface area contributed by atoms with Gasteiger partial charge in [0.25, 0.3) is 0 Å². The van der Waals surface area contributed by atoms with Crippen molar-refractivity contribution in [1.82, 2.24) is 10.2 Å². The molecule has 1 rings (SSSR count). The third-order valence-corrected chi connectivity index (χ3v) is 2.54. The maximum Gasteiger partial charge on any atom is 0.223 e. The lowest BCUT2D eigenvalue weighted by atomic mass is 10.1. The number of ether oxygens (including phenoxy) is 1. The van der Waals surface area contributed by atoms with Crippen molar-refractivity contribution in [1.29, 1.82) is 0 Å². The molecule has 1 fully saturated rings. The van der Waals surface area contributed by atoms with Crippen molar-refractivity contribution in [3.8, 4) is 0 Å². The molecule has 1 aliphatic rings. The van der Waals surface area contributed by atoms with Crippen LogP contribution < -0.4 is 5.32 Å². The largest absolute Gasteiger partial charge is 0.376 e. The maximum atomic E-state index is 11.3. The number of nitrogens with one attached hydrogen (secondary N) is 1. The summed E-state index contributed by atoms with van der Waals surface area (Å²) in [6, 6.07) is -0.248. The molecule has 92 valence electrons. The van der Waals surface area contributed by atoms with Crippen LogP contribution in [-0.2, 0) is 14.3 Å². The van der Waals surface area contributed by atoms with Crippen LogP contribution in [0.4, 0.5) is 0 Å². The molecule has 0 radical (unpaired) electrons. The van der Waals surface area contributed by atoms with Crippen LogP contribution in [0.25, 0.3) is 0 Å². The molecule has 1 saturated heterocycles. The summed E-state index contributed by atoms with van der Waals surface area (Å²) in [7, 11) is 0. The smallest absolute Gasteiger partial charge is 0.223 e. The number of aliphatic hydroxyl groups excluding tert-OH is 1. The first-order chi connectivity index (χ1) is 7.56. The summed E-state index contributed by atoms with van der Waals surface area (Å²) in [6.45, 7) is 2.91. The summed E-state index contributed by atoms with van der Waals surface area (Å²) in [4.78, 5) is 23.5. The SMILES string of the molecule is CC(=O)NC1CCCOC1N(CO)C(C)=O. The minimum atomic E-state index is -0.569. The molecule has 0 aliphatic carbocycles. The van der Waals surface area contributed by atoms with E-state index < -0.39 is 13.0 Å². The van der Waals surface area contributed by atoms with Gasteiger partial charge in [-0.2, -0.15) is 0 Å². The third kappa shape index (κ3) is 3.18. The van der Waals surface area contributed by atoms with Crippen molar-refractivity contribution >= 4 is 11.8 Å². The van der Waals surface area contributed by atoms with E-state index in [4.69, 9.17) is 9.84 Å². The fourth-order valence-electron chi connectivity index (χ4n) is 1.84. The summed E-state index contributed by atoms with van der Waals surface area (Å²) >= 11 is 0. The Bertz CT molecular complexity index is 270. The first-order valence-electron chi connectivity index (χ1n) is 5.33. The van der Waals surface area contributed by atoms with E-state index in [9.17, 15) is 9.59 Å². The second-order valence-corrected chi connectivity index (χ2v) is 3.84. The average molecular weight is 230 g/mol. The van der Waals surface area contributed by atoms with Gasteiger partial charge in [0.2, 0.25) is 11.8 Å². The summed E-state index contributed by atoms with van der Waals surface area (Å²) < 4.78 is 5.44. The molecule has 0 saturated carbocycles. The van der Waals surface area contributed by atoms with Gasteiger partial charge in [0.1, 0.15) is 6.73 Å². The molecule has 6 heteroatoms. The number of rotatable bonds is 3. The predicted octanol–water partition coefficient (Wildman–Crippen LogP) is -0.574. The molecule has 2 atom stereocenters. The molecule has 0 aromatic carbocycles. The maximum absolute atomic E-state index is 11.3. The van der Waals surface area contributed by atoms with Gasteiger partial charge >= 0.3 is 0 Å². The Balaban J connectivity index is 2.71. The van der Waals surface area contributed by atoms with Crippen LogP contribution in [0, 0.1) is 0 Å². The molecule has 2 unspecified atom stereocenters. The van der Waals surface area contributed by atoms with E-state index >= 15 is 0 Å². The zero-order valence-corrected chi connectivity index (χ0v) is 9.60. The Hall–Kier alpha value is -1.14. The Morgan fingerprint density at radius 3 is 2.69 bits per heavy atom. The zero-order valence-electron chi connectivity index (χ0n) is 9.60. The van der Waals surface area contributed by atoms with Gasteiger partial charge in [-0.15, -0.1) is 0 Å². The van der Waals surface area contributed by atoms with Gasteiger partial charge in [-0.1, -0.05) is 0 Å². The van der Waals surface area contributed by atoms with E-state index in [2.05, 4.69) is 5.32 Å². The first-order valence-corrected chi connectivity index (χ1v) is 5.33. The van der Waals surface area contributed by atoms with E-state index in [-0.39, 0.29) is 17.9 Å². The van der Waals surface area contributed by atoms with Crippen molar-refractivity contribution in [2.75, 3.05) is 13.3 Å². The Morgan fingerprint density at radius 2 is 2.19 bits per heavy atom. The molecule has 1 heterocycles. The monoisotopic (exact) mass is 230 g/mol. The second-order valence-electron chi connectivity index (χ2n) is 3.84. The van der Waals surface area contributed by atoms with E-state index in [1.165, 1.54) is 18.7 Å². The zero-order chi connectivity index (χ0) is 12.1. The standard InChI is InChI=1S/C10H18N2O4/c1-7(14)11-9-4-3-5-16-10(9)12(6-13)8(2)15/h9-10,13H,3-6H2,1-2H3,(H,11,14). The number of hydrogen-bond donors (Lipinski definition) is 2. The number of carbonyl (C=O) groups is 2. The molecular weight excluding hydrogens is 212 g/mol. The van der Waals surface area contributed by atoms with E-state index in [0.29, 0.717) is 6.61 Å². The van der Waals surface area contributed by atoms with Crippen LogP contribution >= 0.6 is 0 Å². The number of amides is 2. The fraction of sp³-hybridized carbons (Fsp3) is 0.800. The first kappa shape index (κ1) is 12.9. The van der Waals surface area contributed by atoms with Gasteiger partial charge in [0, 0.05) is 20.5 Å². The van der Waals surface area contributed by atoms with Crippen LogP contribution in [0.15, 0.2) is 0 Å². The molecule has 2 amide bonds. The number of carbonyl (C=O) groups excluding carboxylic acids is 2. The lowest BCUT2D eigenvalue weighted by Gasteiger charge is -2.38. The molecule has 0 aromatic heterocycles. The van der Waals surface area contributed by atoms with Gasteiger partial charge in [0.05, 0.1) is 6.04 Å². The summed E-state index contributed by atoms with van der Waals surface area (Å²) in [5.74, 6) is -0.438. The normalized spacial score (nSPS) is 24.9. The topological polar surface area (TPSA) is 78.9 Å². The molecule has 6 nitrogen and oxygen atoms in total. The number of aliphatic hydroxyl groups is 1. The van der Waals surface area contributed by atoms with Crippen molar-refractivity contribution in [3.63, 3.8) is 0 Å². The minimum Gasteiger partial charge on any atom is -0.376 e. The molecule has 0 spiro atoms. The average Bonchev–Trinajstić information content (AvgIpc) is 2.20. The van der Waals surface area contributed by atoms with Crippen molar-refractivity contribution in [2.24, 2.45) is 0 Å². The number of hydrogen-bond acceptors (Lipinski definition) is 4. The fourth-order valence-corrected chi connectivity index (χ4v) is 1.84. The van der Waals surface area contributed by atoms with Crippen molar-refractivity contribution < 1.29 is 19.4 Å². The van der Waals surface area contributed by atoms with Gasteiger partial charge in [0.15, 0.2) is 6.23 Å². The molecule has 0 bridgehead atoms. The quantitative estimate of drug-likeness (QED) is 0.636.